The van der Waals surface area contributed by atoms with E-state index in [9.17, 15) is 9.18 Å². The third-order valence-electron chi connectivity index (χ3n) is 4.15. The molecule has 7 heteroatoms. The van der Waals surface area contributed by atoms with Gasteiger partial charge >= 0.3 is 6.09 Å². The summed E-state index contributed by atoms with van der Waals surface area (Å²) in [6, 6.07) is 3.06. The highest BCUT2D eigenvalue weighted by Gasteiger charge is 2.37. The van der Waals surface area contributed by atoms with E-state index in [1.54, 1.807) is 11.0 Å². The first-order valence-electron chi connectivity index (χ1n) is 7.18. The minimum atomic E-state index is -0.321. The number of piperazine rings is 1. The van der Waals surface area contributed by atoms with Crippen molar-refractivity contribution >= 4 is 6.09 Å². The van der Waals surface area contributed by atoms with Gasteiger partial charge in [-0.15, -0.1) is 0 Å². The lowest BCUT2D eigenvalue weighted by Crippen LogP contribution is -2.51. The Morgan fingerprint density at radius 1 is 1.27 bits per heavy atom. The molecule has 0 saturated carbocycles. The number of carbonyl (C=O) groups excluding carboxylic acids is 1. The van der Waals surface area contributed by atoms with E-state index < -0.39 is 0 Å². The van der Waals surface area contributed by atoms with Crippen LogP contribution in [-0.2, 0) is 11.3 Å². The lowest BCUT2D eigenvalue weighted by molar-refractivity contribution is 0.114. The summed E-state index contributed by atoms with van der Waals surface area (Å²) in [5.74, 6) is 0.569. The van der Waals surface area contributed by atoms with Crippen molar-refractivity contribution in [3.63, 3.8) is 0 Å². The van der Waals surface area contributed by atoms with E-state index in [1.165, 1.54) is 20.3 Å². The van der Waals surface area contributed by atoms with E-state index >= 15 is 0 Å². The van der Waals surface area contributed by atoms with Gasteiger partial charge in [-0.1, -0.05) is 0 Å². The fourth-order valence-electron chi connectivity index (χ4n) is 2.96. The molecule has 0 N–H and O–H groups in total. The minimum Gasteiger partial charge on any atom is -0.493 e. The molecule has 2 aliphatic rings. The van der Waals surface area contributed by atoms with Gasteiger partial charge in [0.2, 0.25) is 0 Å². The molecule has 1 aromatic carbocycles. The number of nitrogens with zero attached hydrogens (tertiary/aromatic N) is 2. The Bertz CT molecular complexity index is 581. The third kappa shape index (κ3) is 2.68. The number of methoxy groups -OCH3 is 2. The molecule has 0 spiro atoms. The average molecular weight is 310 g/mol. The molecule has 2 heterocycles. The van der Waals surface area contributed by atoms with Crippen LogP contribution in [0.15, 0.2) is 12.1 Å². The van der Waals surface area contributed by atoms with Crippen LogP contribution in [0.3, 0.4) is 0 Å². The van der Waals surface area contributed by atoms with Crippen molar-refractivity contribution in [1.82, 2.24) is 9.80 Å². The van der Waals surface area contributed by atoms with Crippen LogP contribution in [-0.4, -0.2) is 62.4 Å². The summed E-state index contributed by atoms with van der Waals surface area (Å²) in [5.41, 5.74) is 0.552. The molecule has 120 valence electrons. The largest absolute Gasteiger partial charge is 0.493 e. The Hall–Kier alpha value is -2.02. The van der Waals surface area contributed by atoms with Crippen LogP contribution in [0, 0.1) is 5.82 Å². The van der Waals surface area contributed by atoms with Gasteiger partial charge in [0.1, 0.15) is 12.4 Å². The molecule has 0 aromatic heterocycles. The molecule has 1 aromatic rings. The van der Waals surface area contributed by atoms with Gasteiger partial charge in [-0.25, -0.2) is 9.18 Å². The van der Waals surface area contributed by atoms with E-state index in [2.05, 4.69) is 4.90 Å². The van der Waals surface area contributed by atoms with Gasteiger partial charge in [-0.3, -0.25) is 9.80 Å². The van der Waals surface area contributed by atoms with Crippen LogP contribution in [0.5, 0.6) is 11.5 Å². The first-order valence-corrected chi connectivity index (χ1v) is 7.18. The smallest absolute Gasteiger partial charge is 0.410 e. The van der Waals surface area contributed by atoms with Crippen molar-refractivity contribution < 1.29 is 23.4 Å². The molecule has 3 rings (SSSR count). The monoisotopic (exact) mass is 310 g/mol. The third-order valence-corrected chi connectivity index (χ3v) is 4.15. The zero-order valence-electron chi connectivity index (χ0n) is 12.7. The number of carbonyl (C=O) groups is 1. The van der Waals surface area contributed by atoms with Crippen molar-refractivity contribution in [3.8, 4) is 11.5 Å². The van der Waals surface area contributed by atoms with E-state index in [-0.39, 0.29) is 18.0 Å². The summed E-state index contributed by atoms with van der Waals surface area (Å²) in [5, 5.41) is 0. The van der Waals surface area contributed by atoms with Gasteiger partial charge in [0, 0.05) is 37.8 Å². The Kier molecular flexibility index (Phi) is 4.06. The summed E-state index contributed by atoms with van der Waals surface area (Å²) < 4.78 is 29.5. The second-order valence-corrected chi connectivity index (χ2v) is 5.46. The summed E-state index contributed by atoms with van der Waals surface area (Å²) in [6.07, 6.45) is -0.248. The van der Waals surface area contributed by atoms with Gasteiger partial charge in [-0.2, -0.15) is 0 Å². The maximum atomic E-state index is 14.2. The molecule has 0 aliphatic carbocycles. The van der Waals surface area contributed by atoms with Crippen LogP contribution >= 0.6 is 0 Å². The molecule has 22 heavy (non-hydrogen) atoms. The standard InChI is InChI=1S/C15H19FN2O4/c1-20-13-5-10(12(16)6-14(13)21-2)7-17-3-4-18-11(8-17)9-22-15(18)19/h5-6,11H,3-4,7-9H2,1-2H3/t11-/m1/s1. The second-order valence-electron chi connectivity index (χ2n) is 5.46. The number of halogens is 1. The predicted octanol–water partition coefficient (Wildman–Crippen LogP) is 1.48. The number of cyclic esters (lactones) is 1. The normalized spacial score (nSPS) is 21.5. The quantitative estimate of drug-likeness (QED) is 0.843. The fourth-order valence-corrected chi connectivity index (χ4v) is 2.96. The van der Waals surface area contributed by atoms with Gasteiger partial charge in [0.05, 0.1) is 20.3 Å². The SMILES string of the molecule is COc1cc(F)c(CN2CCN3C(=O)OC[C@H]3C2)cc1OC. The van der Waals surface area contributed by atoms with E-state index in [4.69, 9.17) is 14.2 Å². The van der Waals surface area contributed by atoms with Crippen molar-refractivity contribution in [1.29, 1.82) is 0 Å². The lowest BCUT2D eigenvalue weighted by atomic mass is 10.1. The Labute approximate surface area is 128 Å². The molecule has 6 nitrogen and oxygen atoms in total. The van der Waals surface area contributed by atoms with Crippen molar-refractivity contribution in [2.45, 2.75) is 12.6 Å². The molecule has 2 saturated heterocycles. The first-order chi connectivity index (χ1) is 10.6. The molecule has 2 aliphatic heterocycles. The zero-order chi connectivity index (χ0) is 15.7. The number of hydrogen-bond donors (Lipinski definition) is 0. The highest BCUT2D eigenvalue weighted by atomic mass is 19.1. The highest BCUT2D eigenvalue weighted by molar-refractivity contribution is 5.70. The molecule has 0 radical (unpaired) electrons. The van der Waals surface area contributed by atoms with Gasteiger partial charge < -0.3 is 14.2 Å². The van der Waals surface area contributed by atoms with E-state index in [0.29, 0.717) is 49.8 Å². The highest BCUT2D eigenvalue weighted by Crippen LogP contribution is 2.31. The molecule has 0 bridgehead atoms. The first kappa shape index (κ1) is 14.9. The number of amides is 1. The molecule has 0 unspecified atom stereocenters. The number of hydrogen-bond acceptors (Lipinski definition) is 5. The number of ether oxygens (including phenoxy) is 3. The van der Waals surface area contributed by atoms with Crippen LogP contribution in [0.1, 0.15) is 5.56 Å². The minimum absolute atomic E-state index is 0.0597. The molecule has 1 atom stereocenters. The van der Waals surface area contributed by atoms with Gasteiger partial charge in [0.25, 0.3) is 0 Å². The van der Waals surface area contributed by atoms with Crippen LogP contribution in [0.4, 0.5) is 9.18 Å². The molecule has 1 amide bonds. The van der Waals surface area contributed by atoms with Crippen LogP contribution in [0.25, 0.3) is 0 Å². The topological polar surface area (TPSA) is 51.2 Å². The zero-order valence-corrected chi connectivity index (χ0v) is 12.7. The maximum absolute atomic E-state index is 14.2. The number of rotatable bonds is 4. The van der Waals surface area contributed by atoms with Crippen molar-refractivity contribution in [2.24, 2.45) is 0 Å². The lowest BCUT2D eigenvalue weighted by Gasteiger charge is -2.35. The Morgan fingerprint density at radius 2 is 2.00 bits per heavy atom. The Morgan fingerprint density at radius 3 is 2.73 bits per heavy atom. The number of benzene rings is 1. The van der Waals surface area contributed by atoms with Gasteiger partial charge in [-0.05, 0) is 6.07 Å². The Balaban J connectivity index is 1.72. The predicted molar refractivity (Wildman–Crippen MR) is 76.6 cm³/mol. The second kappa shape index (κ2) is 6.00. The van der Waals surface area contributed by atoms with Crippen molar-refractivity contribution in [2.75, 3.05) is 40.5 Å². The molecular weight excluding hydrogens is 291 g/mol. The molecular formula is C15H19FN2O4. The summed E-state index contributed by atoms with van der Waals surface area (Å²) >= 11 is 0. The average Bonchev–Trinajstić information content (AvgIpc) is 2.89. The molecule has 2 fully saturated rings. The van der Waals surface area contributed by atoms with E-state index in [1.807, 2.05) is 0 Å². The van der Waals surface area contributed by atoms with Crippen LogP contribution < -0.4 is 9.47 Å². The number of fused-ring (bicyclic) bond motifs is 1. The summed E-state index contributed by atoms with van der Waals surface area (Å²) in [4.78, 5) is 15.3. The maximum Gasteiger partial charge on any atom is 0.410 e. The summed E-state index contributed by atoms with van der Waals surface area (Å²) in [7, 11) is 3.01. The van der Waals surface area contributed by atoms with Crippen molar-refractivity contribution in [3.05, 3.63) is 23.5 Å². The van der Waals surface area contributed by atoms with Gasteiger partial charge in [0.15, 0.2) is 11.5 Å². The summed E-state index contributed by atoms with van der Waals surface area (Å²) in [6.45, 7) is 2.85. The fraction of sp³-hybridized carbons (Fsp3) is 0.533. The van der Waals surface area contributed by atoms with E-state index in [0.717, 1.165) is 0 Å². The van der Waals surface area contributed by atoms with Crippen LogP contribution in [0.2, 0.25) is 0 Å².